The fourth-order valence-corrected chi connectivity index (χ4v) is 6.46. The van der Waals surface area contributed by atoms with Crippen LogP contribution in [0.4, 0.5) is 5.69 Å². The van der Waals surface area contributed by atoms with E-state index in [0.29, 0.717) is 11.6 Å². The lowest BCUT2D eigenvalue weighted by Gasteiger charge is -2.47. The van der Waals surface area contributed by atoms with Crippen LogP contribution in [0.25, 0.3) is 5.57 Å². The van der Waals surface area contributed by atoms with E-state index >= 15 is 0 Å². The summed E-state index contributed by atoms with van der Waals surface area (Å²) in [7, 11) is 0. The monoisotopic (exact) mass is 437 g/mol. The van der Waals surface area contributed by atoms with Crippen molar-refractivity contribution < 1.29 is 4.79 Å². The van der Waals surface area contributed by atoms with Crippen LogP contribution in [-0.2, 0) is 11.8 Å². The van der Waals surface area contributed by atoms with Crippen molar-refractivity contribution in [3.8, 4) is 6.07 Å². The number of Topliss-reactive ketones (excluding diaryl/α,β-unsaturated/α-hetero) is 1. The molecule has 1 saturated heterocycles. The van der Waals surface area contributed by atoms with Crippen LogP contribution in [0, 0.1) is 11.3 Å². The number of carbonyl (C=O) groups is 1. The number of nitrogens with zero attached hydrogens (tertiary/aromatic N) is 3. The van der Waals surface area contributed by atoms with Gasteiger partial charge in [-0.3, -0.25) is 9.69 Å². The third-order valence-electron chi connectivity index (χ3n) is 8.66. The maximum atomic E-state index is 13.7. The molecular formula is C29H31N3O. The molecule has 2 fully saturated rings. The van der Waals surface area contributed by atoms with Gasteiger partial charge >= 0.3 is 0 Å². The molecule has 1 saturated carbocycles. The molecule has 0 spiro atoms. The van der Waals surface area contributed by atoms with Gasteiger partial charge in [0.05, 0.1) is 11.6 Å². The van der Waals surface area contributed by atoms with Crippen LogP contribution in [0.2, 0.25) is 0 Å². The van der Waals surface area contributed by atoms with Crippen molar-refractivity contribution in [2.75, 3.05) is 24.5 Å². The standard InChI is InChI=1S/C29H31N3O/c1-18-17-31(21-5-4-6-21)11-12-32(18)22-8-10-24-25(15-22)29(2,3)26-14-20-13-19(16-30)7-9-23(20)27(26)28(24)33/h7-10,13,15,18,21H,4-6,11-12,14,17H2,1-3H3/t18-/m0/s1. The molecule has 2 aromatic carbocycles. The number of fused-ring (bicyclic) bond motifs is 3. The molecule has 2 aromatic rings. The van der Waals surface area contributed by atoms with Gasteiger partial charge in [-0.2, -0.15) is 5.26 Å². The van der Waals surface area contributed by atoms with Crippen molar-refractivity contribution in [1.82, 2.24) is 4.90 Å². The van der Waals surface area contributed by atoms with Crippen LogP contribution in [-0.4, -0.2) is 42.4 Å². The molecule has 4 heteroatoms. The summed E-state index contributed by atoms with van der Waals surface area (Å²) in [5.74, 6) is 0.136. The number of nitriles is 1. The van der Waals surface area contributed by atoms with Crippen molar-refractivity contribution in [2.24, 2.45) is 0 Å². The summed E-state index contributed by atoms with van der Waals surface area (Å²) in [6.07, 6.45) is 4.85. The largest absolute Gasteiger partial charge is 0.366 e. The Morgan fingerprint density at radius 1 is 1.06 bits per heavy atom. The zero-order valence-electron chi connectivity index (χ0n) is 19.8. The van der Waals surface area contributed by atoms with E-state index in [2.05, 4.69) is 54.8 Å². The SMILES string of the molecule is C[C@H]1CN(C2CCC2)CCN1c1ccc2c(c1)C(C)(C)C1=C(C2=O)c2ccc(C#N)cc2C1. The van der Waals surface area contributed by atoms with Crippen molar-refractivity contribution in [1.29, 1.82) is 5.26 Å². The molecule has 4 nitrogen and oxygen atoms in total. The number of anilines is 1. The zero-order chi connectivity index (χ0) is 22.9. The Labute approximate surface area is 196 Å². The number of hydrogen-bond acceptors (Lipinski definition) is 4. The lowest BCUT2D eigenvalue weighted by Crippen LogP contribution is -2.56. The van der Waals surface area contributed by atoms with E-state index < -0.39 is 0 Å². The average molecular weight is 438 g/mol. The molecular weight excluding hydrogens is 406 g/mol. The zero-order valence-corrected chi connectivity index (χ0v) is 19.8. The number of carbonyl (C=O) groups excluding carboxylic acids is 1. The maximum Gasteiger partial charge on any atom is 0.193 e. The molecule has 1 atom stereocenters. The summed E-state index contributed by atoms with van der Waals surface area (Å²) < 4.78 is 0. The minimum Gasteiger partial charge on any atom is -0.366 e. The van der Waals surface area contributed by atoms with Gasteiger partial charge in [-0.15, -0.1) is 0 Å². The van der Waals surface area contributed by atoms with Gasteiger partial charge in [0.2, 0.25) is 0 Å². The quantitative estimate of drug-likeness (QED) is 0.655. The van der Waals surface area contributed by atoms with E-state index in [1.54, 1.807) is 0 Å². The number of rotatable bonds is 2. The fraction of sp³-hybridized carbons (Fsp3) is 0.448. The summed E-state index contributed by atoms with van der Waals surface area (Å²) in [4.78, 5) is 18.9. The molecule has 0 amide bonds. The fourth-order valence-electron chi connectivity index (χ4n) is 6.46. The second-order valence-electron chi connectivity index (χ2n) is 10.8. The number of benzene rings is 2. The molecule has 0 unspecified atom stereocenters. The van der Waals surface area contributed by atoms with Gasteiger partial charge in [-0.05, 0) is 78.8 Å². The number of piperazine rings is 1. The van der Waals surface area contributed by atoms with Gasteiger partial charge in [-0.25, -0.2) is 0 Å². The van der Waals surface area contributed by atoms with Gasteiger partial charge in [0, 0.05) is 54.0 Å². The number of allylic oxidation sites excluding steroid dienone is 2. The summed E-state index contributed by atoms with van der Waals surface area (Å²) >= 11 is 0. The third-order valence-corrected chi connectivity index (χ3v) is 8.66. The van der Waals surface area contributed by atoms with E-state index in [9.17, 15) is 10.1 Å². The Bertz CT molecular complexity index is 1240. The van der Waals surface area contributed by atoms with Crippen molar-refractivity contribution >= 4 is 17.0 Å². The Morgan fingerprint density at radius 3 is 2.55 bits per heavy atom. The van der Waals surface area contributed by atoms with Crippen LogP contribution in [0.3, 0.4) is 0 Å². The molecule has 6 rings (SSSR count). The molecule has 1 aliphatic heterocycles. The molecule has 0 bridgehead atoms. The van der Waals surface area contributed by atoms with Crippen molar-refractivity contribution in [2.45, 2.75) is 64.0 Å². The van der Waals surface area contributed by atoms with E-state index in [0.717, 1.165) is 59.9 Å². The highest BCUT2D eigenvalue weighted by molar-refractivity contribution is 6.33. The van der Waals surface area contributed by atoms with Crippen LogP contribution in [0.5, 0.6) is 0 Å². The molecule has 0 N–H and O–H groups in total. The predicted octanol–water partition coefficient (Wildman–Crippen LogP) is 5.11. The second-order valence-corrected chi connectivity index (χ2v) is 10.8. The summed E-state index contributed by atoms with van der Waals surface area (Å²) in [6.45, 7) is 10.1. The molecule has 168 valence electrons. The lowest BCUT2D eigenvalue weighted by molar-refractivity contribution is 0.105. The Kier molecular flexibility index (Phi) is 4.58. The van der Waals surface area contributed by atoms with Crippen molar-refractivity contribution in [3.05, 3.63) is 69.8 Å². The normalized spacial score (nSPS) is 24.1. The second kappa shape index (κ2) is 7.30. The van der Waals surface area contributed by atoms with Gasteiger partial charge in [0.25, 0.3) is 0 Å². The highest BCUT2D eigenvalue weighted by Crippen LogP contribution is 2.50. The van der Waals surface area contributed by atoms with Gasteiger partial charge < -0.3 is 4.90 Å². The van der Waals surface area contributed by atoms with Crippen LogP contribution < -0.4 is 4.90 Å². The smallest absolute Gasteiger partial charge is 0.193 e. The minimum atomic E-state index is -0.225. The van der Waals surface area contributed by atoms with Gasteiger partial charge in [0.1, 0.15) is 0 Å². The Hall–Kier alpha value is -2.90. The lowest BCUT2D eigenvalue weighted by atomic mass is 9.68. The molecule has 4 aliphatic rings. The predicted molar refractivity (Wildman–Crippen MR) is 132 cm³/mol. The number of hydrogen-bond donors (Lipinski definition) is 0. The highest BCUT2D eigenvalue weighted by atomic mass is 16.1. The van der Waals surface area contributed by atoms with Crippen molar-refractivity contribution in [3.63, 3.8) is 0 Å². The minimum absolute atomic E-state index is 0.136. The summed E-state index contributed by atoms with van der Waals surface area (Å²) in [5.41, 5.74) is 7.83. The van der Waals surface area contributed by atoms with Crippen LogP contribution in [0.15, 0.2) is 42.0 Å². The number of ketones is 1. The highest BCUT2D eigenvalue weighted by Gasteiger charge is 2.43. The van der Waals surface area contributed by atoms with E-state index in [4.69, 9.17) is 0 Å². The first-order valence-corrected chi connectivity index (χ1v) is 12.4. The Morgan fingerprint density at radius 2 is 1.85 bits per heavy atom. The first-order chi connectivity index (χ1) is 15.9. The van der Waals surface area contributed by atoms with Gasteiger partial charge in [0.15, 0.2) is 5.78 Å². The molecule has 0 aromatic heterocycles. The first-order valence-electron chi connectivity index (χ1n) is 12.4. The van der Waals surface area contributed by atoms with E-state index in [1.165, 1.54) is 30.5 Å². The maximum absolute atomic E-state index is 13.7. The molecule has 1 heterocycles. The van der Waals surface area contributed by atoms with E-state index in [1.807, 2.05) is 18.2 Å². The van der Waals surface area contributed by atoms with Crippen LogP contribution in [0.1, 0.15) is 72.6 Å². The third kappa shape index (κ3) is 3.02. The molecule has 0 radical (unpaired) electrons. The first kappa shape index (κ1) is 20.7. The molecule has 33 heavy (non-hydrogen) atoms. The van der Waals surface area contributed by atoms with E-state index in [-0.39, 0.29) is 11.2 Å². The Balaban J connectivity index is 1.34. The van der Waals surface area contributed by atoms with Gasteiger partial charge in [-0.1, -0.05) is 26.3 Å². The summed E-state index contributed by atoms with van der Waals surface area (Å²) in [6, 6.07) is 15.8. The topological polar surface area (TPSA) is 47.3 Å². The van der Waals surface area contributed by atoms with Crippen LogP contribution >= 0.6 is 0 Å². The average Bonchev–Trinajstić information content (AvgIpc) is 3.16. The molecule has 3 aliphatic carbocycles. The summed E-state index contributed by atoms with van der Waals surface area (Å²) in [5, 5.41) is 9.33.